The number of methoxy groups -OCH3 is 1. The number of halogens is 2. The summed E-state index contributed by atoms with van der Waals surface area (Å²) in [5.74, 6) is 0.473. The molecule has 1 amide bonds. The third kappa shape index (κ3) is 10.7. The Morgan fingerprint density at radius 2 is 1.69 bits per heavy atom. The number of unbranched alkanes of at least 4 members (excludes halogenated alkanes) is 1. The smallest absolute Gasteiger partial charge is 0.232 e. The molecule has 1 saturated carbocycles. The Bertz CT molecular complexity index is 1720. The standard InChI is InChI=1S/C35H38F2N4O6.C4H10.2H2/c1-43-32-20-27-29(21-33(32)46-16-2-13-41-14-17-44-18-15-41)38-12-9-30(27)47-31-8-7-26(19-28(31)37)39-23-45-22-35(10-11-35)34(42)40-25-5-3-24(36)4-6-25;1-3-4-2;;/h3-9,12,19-21,39H,2,10-11,13-18,22-23H2,1H3,(H,40,42);3-4H2,1-2H3;2*1H. The zero-order valence-corrected chi connectivity index (χ0v) is 29.6. The van der Waals surface area contributed by atoms with Crippen LogP contribution in [0.25, 0.3) is 10.9 Å². The summed E-state index contributed by atoms with van der Waals surface area (Å²) in [6.07, 6.45) is 6.49. The molecule has 10 nitrogen and oxygen atoms in total. The van der Waals surface area contributed by atoms with E-state index in [2.05, 4.69) is 34.4 Å². The second-order valence-electron chi connectivity index (χ2n) is 12.6. The molecule has 0 spiro atoms. The lowest BCUT2D eigenvalue weighted by Gasteiger charge is -2.26. The predicted molar refractivity (Wildman–Crippen MR) is 198 cm³/mol. The summed E-state index contributed by atoms with van der Waals surface area (Å²) in [7, 11) is 1.57. The van der Waals surface area contributed by atoms with Gasteiger partial charge in [0.15, 0.2) is 23.1 Å². The van der Waals surface area contributed by atoms with Gasteiger partial charge in [-0.3, -0.25) is 14.7 Å². The summed E-state index contributed by atoms with van der Waals surface area (Å²) in [5, 5.41) is 6.49. The van der Waals surface area contributed by atoms with Crippen LogP contribution in [-0.4, -0.2) is 75.7 Å². The summed E-state index contributed by atoms with van der Waals surface area (Å²) < 4.78 is 57.1. The lowest BCUT2D eigenvalue weighted by atomic mass is 10.1. The molecule has 3 aromatic carbocycles. The maximum atomic E-state index is 15.1. The van der Waals surface area contributed by atoms with E-state index in [0.717, 1.165) is 39.3 Å². The van der Waals surface area contributed by atoms with Crippen molar-refractivity contribution in [2.24, 2.45) is 5.41 Å². The summed E-state index contributed by atoms with van der Waals surface area (Å²) in [6.45, 7) is 9.51. The Labute approximate surface area is 301 Å². The highest BCUT2D eigenvalue weighted by Gasteiger charge is 2.50. The fourth-order valence-corrected chi connectivity index (χ4v) is 5.36. The largest absolute Gasteiger partial charge is 0.493 e. The van der Waals surface area contributed by atoms with E-state index in [-0.39, 0.29) is 33.7 Å². The van der Waals surface area contributed by atoms with E-state index in [1.807, 2.05) is 0 Å². The van der Waals surface area contributed by atoms with Gasteiger partial charge in [0.05, 0.1) is 44.5 Å². The number of benzene rings is 3. The van der Waals surface area contributed by atoms with E-state index >= 15 is 4.39 Å². The van der Waals surface area contributed by atoms with Gasteiger partial charge in [0, 0.05) is 57.6 Å². The van der Waals surface area contributed by atoms with Crippen LogP contribution in [0.1, 0.15) is 48.8 Å². The van der Waals surface area contributed by atoms with Gasteiger partial charge in [-0.25, -0.2) is 8.78 Å². The zero-order chi connectivity index (χ0) is 36.1. The van der Waals surface area contributed by atoms with Gasteiger partial charge in [0.2, 0.25) is 5.91 Å². The number of carbonyl (C=O) groups is 1. The first kappa shape index (κ1) is 37.7. The van der Waals surface area contributed by atoms with Gasteiger partial charge < -0.3 is 34.3 Å². The molecule has 1 saturated heterocycles. The molecular formula is C39H52F2N4O6. The van der Waals surface area contributed by atoms with Crippen LogP contribution in [0, 0.1) is 17.0 Å². The second kappa shape index (κ2) is 18.6. The van der Waals surface area contributed by atoms with E-state index in [0.29, 0.717) is 59.0 Å². The van der Waals surface area contributed by atoms with Crippen molar-refractivity contribution in [3.8, 4) is 23.0 Å². The molecule has 0 atom stereocenters. The first-order chi connectivity index (χ1) is 24.8. The van der Waals surface area contributed by atoms with Crippen LogP contribution in [0.15, 0.2) is 66.9 Å². The Kier molecular flexibility index (Phi) is 13.8. The summed E-state index contributed by atoms with van der Waals surface area (Å²) in [4.78, 5) is 19.5. The predicted octanol–water partition coefficient (Wildman–Crippen LogP) is 8.52. The van der Waals surface area contributed by atoms with Gasteiger partial charge in [0.1, 0.15) is 18.3 Å². The van der Waals surface area contributed by atoms with Crippen molar-refractivity contribution in [2.45, 2.75) is 46.0 Å². The molecule has 0 unspecified atom stereocenters. The van der Waals surface area contributed by atoms with Crippen LogP contribution in [0.4, 0.5) is 20.2 Å². The number of hydrogen-bond donors (Lipinski definition) is 2. The minimum Gasteiger partial charge on any atom is -0.493 e. The lowest BCUT2D eigenvalue weighted by Crippen LogP contribution is -2.37. The van der Waals surface area contributed by atoms with Crippen LogP contribution in [-0.2, 0) is 14.3 Å². The van der Waals surface area contributed by atoms with Crippen LogP contribution in [0.3, 0.4) is 0 Å². The third-order valence-corrected chi connectivity index (χ3v) is 8.81. The zero-order valence-electron chi connectivity index (χ0n) is 29.6. The number of fused-ring (bicyclic) bond motifs is 1. The van der Waals surface area contributed by atoms with E-state index in [9.17, 15) is 9.18 Å². The van der Waals surface area contributed by atoms with Crippen molar-refractivity contribution in [1.29, 1.82) is 0 Å². The number of anilines is 2. The molecule has 278 valence electrons. The van der Waals surface area contributed by atoms with E-state index in [4.69, 9.17) is 23.7 Å². The van der Waals surface area contributed by atoms with Crippen molar-refractivity contribution >= 4 is 28.2 Å². The topological polar surface area (TPSA) is 103 Å². The van der Waals surface area contributed by atoms with Crippen LogP contribution >= 0.6 is 0 Å². The molecule has 12 heteroatoms. The summed E-state index contributed by atoms with van der Waals surface area (Å²) >= 11 is 0. The number of carbonyl (C=O) groups excluding carboxylic acids is 1. The summed E-state index contributed by atoms with van der Waals surface area (Å²) in [6, 6.07) is 15.4. The van der Waals surface area contributed by atoms with Gasteiger partial charge in [-0.1, -0.05) is 26.7 Å². The first-order valence-corrected chi connectivity index (χ1v) is 17.6. The maximum absolute atomic E-state index is 15.1. The third-order valence-electron chi connectivity index (χ3n) is 8.81. The molecular weight excluding hydrogens is 658 g/mol. The number of amides is 1. The number of aromatic nitrogens is 1. The SMILES string of the molecule is CCCC.COc1cc2c(Oc3ccc(NCOCC4(C(=O)Nc5ccc(F)cc5)CC4)cc3F)ccnc2cc1OCCCN1CCOCC1.[HH].[HH]. The van der Waals surface area contributed by atoms with Crippen LogP contribution < -0.4 is 24.8 Å². The fraction of sp³-hybridized carbons (Fsp3) is 0.436. The maximum Gasteiger partial charge on any atom is 0.232 e. The average Bonchev–Trinajstić information content (AvgIpc) is 3.95. The molecule has 0 bridgehead atoms. The number of pyridine rings is 1. The number of hydrogen-bond acceptors (Lipinski definition) is 9. The van der Waals surface area contributed by atoms with Crippen molar-refractivity contribution in [3.05, 3.63) is 78.5 Å². The van der Waals surface area contributed by atoms with Gasteiger partial charge in [-0.05, 0) is 67.8 Å². The minimum atomic E-state index is -0.620. The number of ether oxygens (including phenoxy) is 5. The second-order valence-corrected chi connectivity index (χ2v) is 12.6. The average molecular weight is 711 g/mol. The Morgan fingerprint density at radius 3 is 2.37 bits per heavy atom. The van der Waals surface area contributed by atoms with Gasteiger partial charge in [0.25, 0.3) is 0 Å². The van der Waals surface area contributed by atoms with Gasteiger partial charge >= 0.3 is 0 Å². The molecule has 1 aromatic heterocycles. The number of nitrogens with zero attached hydrogens (tertiary/aromatic N) is 2. The van der Waals surface area contributed by atoms with Crippen molar-refractivity contribution in [1.82, 2.24) is 9.88 Å². The van der Waals surface area contributed by atoms with Crippen LogP contribution in [0.5, 0.6) is 23.0 Å². The lowest BCUT2D eigenvalue weighted by molar-refractivity contribution is -0.123. The summed E-state index contributed by atoms with van der Waals surface area (Å²) in [5.41, 5.74) is 1.03. The Morgan fingerprint density at radius 1 is 0.941 bits per heavy atom. The van der Waals surface area contributed by atoms with Gasteiger partial charge in [-0.2, -0.15) is 0 Å². The quantitative estimate of drug-likeness (QED) is 0.0875. The molecule has 51 heavy (non-hydrogen) atoms. The molecule has 2 fully saturated rings. The highest BCUT2D eigenvalue weighted by Crippen LogP contribution is 2.47. The molecule has 2 heterocycles. The number of rotatable bonds is 16. The van der Waals surface area contributed by atoms with Gasteiger partial charge in [-0.15, -0.1) is 0 Å². The molecule has 4 aromatic rings. The molecule has 2 aliphatic rings. The van der Waals surface area contributed by atoms with E-state index in [1.165, 1.54) is 49.2 Å². The molecule has 1 aliphatic heterocycles. The molecule has 2 N–H and O–H groups in total. The Hall–Kier alpha value is -4.52. The van der Waals surface area contributed by atoms with Crippen molar-refractivity contribution < 1.29 is 40.1 Å². The number of nitrogens with one attached hydrogen (secondary N) is 2. The normalized spacial score (nSPS) is 15.0. The molecule has 6 rings (SSSR count). The highest BCUT2D eigenvalue weighted by atomic mass is 19.1. The fourth-order valence-electron chi connectivity index (χ4n) is 5.36. The first-order valence-electron chi connectivity index (χ1n) is 17.6. The highest BCUT2D eigenvalue weighted by molar-refractivity contribution is 5.97. The molecule has 0 radical (unpaired) electrons. The number of morpholine rings is 1. The molecule has 1 aliphatic carbocycles. The van der Waals surface area contributed by atoms with Crippen LogP contribution in [0.2, 0.25) is 0 Å². The van der Waals surface area contributed by atoms with Crippen molar-refractivity contribution in [3.63, 3.8) is 0 Å². The van der Waals surface area contributed by atoms with E-state index < -0.39 is 11.2 Å². The monoisotopic (exact) mass is 710 g/mol. The van der Waals surface area contributed by atoms with E-state index in [1.54, 1.807) is 37.6 Å². The Balaban J connectivity index is 0.00000120. The minimum absolute atomic E-state index is 0. The van der Waals surface area contributed by atoms with Crippen molar-refractivity contribution in [2.75, 3.05) is 70.5 Å².